The van der Waals surface area contributed by atoms with E-state index in [2.05, 4.69) is 10.1 Å². The largest absolute Gasteiger partial charge is 0.366 e. The zero-order valence-electron chi connectivity index (χ0n) is 10.3. The normalized spacial score (nSPS) is 11.8. The van der Waals surface area contributed by atoms with E-state index in [1.54, 1.807) is 28.9 Å². The van der Waals surface area contributed by atoms with E-state index in [0.717, 1.165) is 11.1 Å². The molecule has 0 unspecified atom stereocenters. The van der Waals surface area contributed by atoms with Crippen LogP contribution in [0.1, 0.15) is 0 Å². The third-order valence-corrected chi connectivity index (χ3v) is 3.79. The lowest BCUT2D eigenvalue weighted by atomic mass is 10.1. The minimum absolute atomic E-state index is 0.0762. The maximum atomic E-state index is 11.2. The summed E-state index contributed by atoms with van der Waals surface area (Å²) < 4.78 is 24.0. The highest BCUT2D eigenvalue weighted by molar-refractivity contribution is 7.89. The number of rotatable bonds is 2. The number of aromatic nitrogens is 3. The molecular formula is C12H11N5O2S. The summed E-state index contributed by atoms with van der Waals surface area (Å²) in [5, 5.41) is 9.08. The van der Waals surface area contributed by atoms with Gasteiger partial charge in [0, 0.05) is 11.8 Å². The van der Waals surface area contributed by atoms with Gasteiger partial charge in [0.15, 0.2) is 5.65 Å². The summed E-state index contributed by atoms with van der Waals surface area (Å²) in [6.45, 7) is 0. The molecule has 0 radical (unpaired) electrons. The standard InChI is InChI=1S/C12H11N5O2S/c13-12-15-11-6-3-9(7-17(11)16-12)8-1-4-10(5-2-8)20(14,18)19/h1-7H,(H2,13,16)(H2,14,18,19). The Morgan fingerprint density at radius 3 is 2.30 bits per heavy atom. The lowest BCUT2D eigenvalue weighted by molar-refractivity contribution is 0.598. The molecule has 0 aliphatic rings. The van der Waals surface area contributed by atoms with Crippen LogP contribution in [-0.4, -0.2) is 23.0 Å². The Bertz CT molecular complexity index is 884. The first-order valence-corrected chi connectivity index (χ1v) is 7.23. The molecule has 3 rings (SSSR count). The number of fused-ring (bicyclic) bond motifs is 1. The Morgan fingerprint density at radius 2 is 1.65 bits per heavy atom. The maximum absolute atomic E-state index is 11.2. The van der Waals surface area contributed by atoms with Crippen LogP contribution < -0.4 is 10.9 Å². The lowest BCUT2D eigenvalue weighted by Gasteiger charge is -2.03. The zero-order valence-corrected chi connectivity index (χ0v) is 11.1. The minimum Gasteiger partial charge on any atom is -0.366 e. The summed E-state index contributed by atoms with van der Waals surface area (Å²) in [5.74, 6) is 0.201. The molecule has 0 fully saturated rings. The minimum atomic E-state index is -3.68. The fraction of sp³-hybridized carbons (Fsp3) is 0. The van der Waals surface area contributed by atoms with Crippen LogP contribution >= 0.6 is 0 Å². The molecule has 3 aromatic rings. The SMILES string of the molecule is Nc1nc2ccc(-c3ccc(S(N)(=O)=O)cc3)cn2n1. The van der Waals surface area contributed by atoms with Crippen LogP contribution in [-0.2, 0) is 10.0 Å². The molecule has 0 atom stereocenters. The number of sulfonamides is 1. The molecule has 0 saturated carbocycles. The molecule has 20 heavy (non-hydrogen) atoms. The first-order valence-electron chi connectivity index (χ1n) is 5.69. The van der Waals surface area contributed by atoms with Crippen molar-refractivity contribution in [3.05, 3.63) is 42.6 Å². The third-order valence-electron chi connectivity index (χ3n) is 2.86. The van der Waals surface area contributed by atoms with Crippen LogP contribution in [0, 0.1) is 0 Å². The number of nitrogen functional groups attached to an aromatic ring is 1. The second kappa shape index (κ2) is 4.29. The number of nitrogens with two attached hydrogens (primary N) is 2. The number of pyridine rings is 1. The van der Waals surface area contributed by atoms with Gasteiger partial charge in [-0.1, -0.05) is 12.1 Å². The van der Waals surface area contributed by atoms with E-state index >= 15 is 0 Å². The maximum Gasteiger partial charge on any atom is 0.240 e. The molecule has 2 heterocycles. The summed E-state index contributed by atoms with van der Waals surface area (Å²) in [4.78, 5) is 4.10. The van der Waals surface area contributed by atoms with E-state index in [9.17, 15) is 8.42 Å². The van der Waals surface area contributed by atoms with Crippen LogP contribution in [0.25, 0.3) is 16.8 Å². The van der Waals surface area contributed by atoms with Gasteiger partial charge in [-0.15, -0.1) is 5.10 Å². The third kappa shape index (κ3) is 2.22. The first kappa shape index (κ1) is 12.6. The monoisotopic (exact) mass is 289 g/mol. The Labute approximate surface area is 114 Å². The molecule has 0 amide bonds. The Kier molecular flexibility index (Phi) is 2.70. The average Bonchev–Trinajstić information content (AvgIpc) is 2.77. The summed E-state index contributed by atoms with van der Waals surface area (Å²) in [6, 6.07) is 9.93. The molecule has 0 aliphatic heterocycles. The molecule has 7 nitrogen and oxygen atoms in total. The molecule has 4 N–H and O–H groups in total. The van der Waals surface area contributed by atoms with Gasteiger partial charge in [-0.05, 0) is 29.8 Å². The molecule has 0 spiro atoms. The van der Waals surface area contributed by atoms with Gasteiger partial charge in [-0.25, -0.2) is 18.1 Å². The molecule has 0 aliphatic carbocycles. The number of nitrogens with zero attached hydrogens (tertiary/aromatic N) is 3. The van der Waals surface area contributed by atoms with Crippen molar-refractivity contribution >= 4 is 21.6 Å². The Morgan fingerprint density at radius 1 is 1.00 bits per heavy atom. The van der Waals surface area contributed by atoms with Gasteiger partial charge >= 0.3 is 0 Å². The average molecular weight is 289 g/mol. The number of benzene rings is 1. The van der Waals surface area contributed by atoms with Crippen LogP contribution in [0.4, 0.5) is 5.95 Å². The highest BCUT2D eigenvalue weighted by atomic mass is 32.2. The van der Waals surface area contributed by atoms with Crippen LogP contribution in [0.3, 0.4) is 0 Å². The van der Waals surface area contributed by atoms with Crippen molar-refractivity contribution in [3.8, 4) is 11.1 Å². The molecule has 1 aromatic carbocycles. The van der Waals surface area contributed by atoms with Crippen molar-refractivity contribution in [2.24, 2.45) is 5.14 Å². The van der Waals surface area contributed by atoms with Gasteiger partial charge in [0.05, 0.1) is 4.90 Å². The van der Waals surface area contributed by atoms with Gasteiger partial charge in [0.1, 0.15) is 0 Å². The van der Waals surface area contributed by atoms with Crippen LogP contribution in [0.2, 0.25) is 0 Å². The fourth-order valence-corrected chi connectivity index (χ4v) is 2.42. The summed E-state index contributed by atoms with van der Waals surface area (Å²) in [6.07, 6.45) is 1.77. The quantitative estimate of drug-likeness (QED) is 0.717. The summed E-state index contributed by atoms with van der Waals surface area (Å²) >= 11 is 0. The van der Waals surface area contributed by atoms with Gasteiger partial charge < -0.3 is 5.73 Å². The number of anilines is 1. The molecule has 0 bridgehead atoms. The first-order chi connectivity index (χ1) is 9.43. The van der Waals surface area contributed by atoms with Gasteiger partial charge in [0.25, 0.3) is 0 Å². The van der Waals surface area contributed by atoms with Gasteiger partial charge in [-0.2, -0.15) is 4.98 Å². The highest BCUT2D eigenvalue weighted by Crippen LogP contribution is 2.21. The van der Waals surface area contributed by atoms with Crippen molar-refractivity contribution in [2.45, 2.75) is 4.90 Å². The van der Waals surface area contributed by atoms with E-state index in [1.807, 2.05) is 6.07 Å². The number of hydrogen-bond acceptors (Lipinski definition) is 5. The smallest absolute Gasteiger partial charge is 0.240 e. The van der Waals surface area contributed by atoms with E-state index in [0.29, 0.717) is 5.65 Å². The van der Waals surface area contributed by atoms with E-state index in [4.69, 9.17) is 10.9 Å². The highest BCUT2D eigenvalue weighted by Gasteiger charge is 2.08. The van der Waals surface area contributed by atoms with Gasteiger partial charge in [-0.3, -0.25) is 0 Å². The second-order valence-electron chi connectivity index (χ2n) is 4.26. The second-order valence-corrected chi connectivity index (χ2v) is 5.82. The molecule has 8 heteroatoms. The van der Waals surface area contributed by atoms with E-state index in [1.165, 1.54) is 12.1 Å². The lowest BCUT2D eigenvalue weighted by Crippen LogP contribution is -2.11. The molecule has 0 saturated heterocycles. The zero-order chi connectivity index (χ0) is 14.3. The van der Waals surface area contributed by atoms with Crippen molar-refractivity contribution in [1.29, 1.82) is 0 Å². The van der Waals surface area contributed by atoms with Crippen molar-refractivity contribution in [1.82, 2.24) is 14.6 Å². The van der Waals surface area contributed by atoms with Crippen LogP contribution in [0.5, 0.6) is 0 Å². The molecule has 102 valence electrons. The number of primary sulfonamides is 1. The van der Waals surface area contributed by atoms with Crippen molar-refractivity contribution < 1.29 is 8.42 Å². The van der Waals surface area contributed by atoms with E-state index < -0.39 is 10.0 Å². The Hall–Kier alpha value is -2.45. The summed E-state index contributed by atoms with van der Waals surface area (Å²) in [7, 11) is -3.68. The van der Waals surface area contributed by atoms with Gasteiger partial charge in [0.2, 0.25) is 16.0 Å². The van der Waals surface area contributed by atoms with Crippen molar-refractivity contribution in [2.75, 3.05) is 5.73 Å². The Balaban J connectivity index is 2.06. The van der Waals surface area contributed by atoms with E-state index in [-0.39, 0.29) is 10.8 Å². The van der Waals surface area contributed by atoms with Crippen LogP contribution in [0.15, 0.2) is 47.5 Å². The predicted molar refractivity (Wildman–Crippen MR) is 74.2 cm³/mol. The predicted octanol–water partition coefficient (Wildman–Crippen LogP) is 0.626. The fourth-order valence-electron chi connectivity index (χ4n) is 1.91. The topological polar surface area (TPSA) is 116 Å². The number of hydrogen-bond donors (Lipinski definition) is 2. The summed E-state index contributed by atoms with van der Waals surface area (Å²) in [5.41, 5.74) is 7.87. The molecule has 2 aromatic heterocycles. The molecular weight excluding hydrogens is 278 g/mol. The van der Waals surface area contributed by atoms with Crippen molar-refractivity contribution in [3.63, 3.8) is 0 Å².